The third-order valence-corrected chi connectivity index (χ3v) is 5.58. The maximum atomic E-state index is 14.5. The summed E-state index contributed by atoms with van der Waals surface area (Å²) in [6, 6.07) is 7.87. The minimum absolute atomic E-state index is 0.261. The highest BCUT2D eigenvalue weighted by atomic mass is 32.2. The van der Waals surface area contributed by atoms with Crippen LogP contribution in [-0.4, -0.2) is 26.2 Å². The lowest BCUT2D eigenvalue weighted by Gasteiger charge is -2.34. The number of hydrogen-bond donors (Lipinski definition) is 3. The normalized spacial score (nSPS) is 19.1. The number of carbonyl (C=O) groups excluding carboxylic acids is 1. The summed E-state index contributed by atoms with van der Waals surface area (Å²) in [5, 5.41) is 5.81. The number of amides is 1. The number of nitrogens with zero attached hydrogens (tertiary/aromatic N) is 1. The van der Waals surface area contributed by atoms with E-state index in [-0.39, 0.29) is 11.5 Å². The lowest BCUT2D eigenvalue weighted by molar-refractivity contribution is -0.117. The van der Waals surface area contributed by atoms with E-state index in [1.54, 1.807) is 57.3 Å². The summed E-state index contributed by atoms with van der Waals surface area (Å²) >= 11 is -1.51. The predicted octanol–water partition coefficient (Wildman–Crippen LogP) is 2.75. The fraction of sp³-hybridized carbons (Fsp3) is 0.333. The SMILES string of the molecule is CC(C)(C)[S+]([O-])N[C@H](c1ccccc1F)C1Nc2ncccc2NC1=O. The molecular weight excluding hydrogens is 355 g/mol. The van der Waals surface area contributed by atoms with Crippen molar-refractivity contribution >= 4 is 28.8 Å². The molecule has 0 saturated heterocycles. The monoisotopic (exact) mass is 376 g/mol. The Morgan fingerprint density at radius 3 is 2.69 bits per heavy atom. The van der Waals surface area contributed by atoms with Gasteiger partial charge < -0.3 is 15.2 Å². The zero-order valence-electron chi connectivity index (χ0n) is 14.7. The van der Waals surface area contributed by atoms with Crippen molar-refractivity contribution in [2.45, 2.75) is 37.6 Å². The van der Waals surface area contributed by atoms with Gasteiger partial charge in [0.2, 0.25) is 5.91 Å². The fourth-order valence-electron chi connectivity index (χ4n) is 2.61. The molecule has 8 heteroatoms. The van der Waals surface area contributed by atoms with E-state index in [9.17, 15) is 13.7 Å². The van der Waals surface area contributed by atoms with Crippen molar-refractivity contribution in [3.63, 3.8) is 0 Å². The molecule has 2 unspecified atom stereocenters. The third-order valence-electron chi connectivity index (χ3n) is 4.00. The summed E-state index contributed by atoms with van der Waals surface area (Å²) < 4.78 is 29.5. The molecule has 3 rings (SSSR count). The van der Waals surface area contributed by atoms with Crippen molar-refractivity contribution in [2.75, 3.05) is 10.6 Å². The van der Waals surface area contributed by atoms with Crippen LogP contribution in [0.4, 0.5) is 15.9 Å². The Morgan fingerprint density at radius 2 is 2.00 bits per heavy atom. The predicted molar refractivity (Wildman–Crippen MR) is 100 cm³/mol. The molecule has 3 atom stereocenters. The zero-order chi connectivity index (χ0) is 18.9. The highest BCUT2D eigenvalue weighted by molar-refractivity contribution is 7.90. The van der Waals surface area contributed by atoms with Gasteiger partial charge in [-0.05, 0) is 39.0 Å². The maximum Gasteiger partial charge on any atom is 0.249 e. The van der Waals surface area contributed by atoms with E-state index in [1.807, 2.05) is 0 Å². The second-order valence-corrected chi connectivity index (χ2v) is 9.01. The molecule has 138 valence electrons. The number of rotatable bonds is 4. The van der Waals surface area contributed by atoms with Gasteiger partial charge in [0.15, 0.2) is 0 Å². The summed E-state index contributed by atoms with van der Waals surface area (Å²) in [5.74, 6) is -0.337. The zero-order valence-corrected chi connectivity index (χ0v) is 15.6. The average Bonchev–Trinajstić information content (AvgIpc) is 2.59. The number of aromatic nitrogens is 1. The number of carbonyl (C=O) groups is 1. The first-order valence-electron chi connectivity index (χ1n) is 8.22. The van der Waals surface area contributed by atoms with Crippen molar-refractivity contribution in [3.8, 4) is 0 Å². The fourth-order valence-corrected chi connectivity index (χ4v) is 3.46. The minimum atomic E-state index is -1.51. The molecule has 0 saturated carbocycles. The molecule has 0 fully saturated rings. The van der Waals surface area contributed by atoms with Gasteiger partial charge in [-0.15, -0.1) is 4.72 Å². The molecular formula is C18H21FN4O2S. The van der Waals surface area contributed by atoms with E-state index in [2.05, 4.69) is 20.3 Å². The average molecular weight is 376 g/mol. The molecule has 6 nitrogen and oxygen atoms in total. The molecule has 0 spiro atoms. The van der Waals surface area contributed by atoms with Gasteiger partial charge in [0.25, 0.3) is 0 Å². The van der Waals surface area contributed by atoms with Crippen LogP contribution >= 0.6 is 0 Å². The second-order valence-electron chi connectivity index (χ2n) is 7.01. The number of hydrogen-bond acceptors (Lipinski definition) is 5. The van der Waals surface area contributed by atoms with Crippen molar-refractivity contribution in [1.82, 2.24) is 9.71 Å². The molecule has 1 aromatic carbocycles. The Hall–Kier alpha value is -2.16. The van der Waals surface area contributed by atoms with Crippen LogP contribution in [0, 0.1) is 5.82 Å². The van der Waals surface area contributed by atoms with Crippen LogP contribution in [0.5, 0.6) is 0 Å². The Labute approximate surface area is 154 Å². The van der Waals surface area contributed by atoms with Crippen molar-refractivity contribution in [3.05, 3.63) is 54.0 Å². The number of fused-ring (bicyclic) bond motifs is 1. The molecule has 2 aromatic rings. The number of benzene rings is 1. The molecule has 0 aliphatic carbocycles. The summed E-state index contributed by atoms with van der Waals surface area (Å²) in [5.41, 5.74) is 0.815. The van der Waals surface area contributed by atoms with E-state index >= 15 is 0 Å². The quantitative estimate of drug-likeness (QED) is 0.714. The largest absolute Gasteiger partial charge is 0.598 e. The standard InChI is InChI=1S/C18H21FN4O2S/c1-18(2,3)26(25)23-14(11-7-4-5-8-12(11)19)15-17(24)21-13-9-6-10-20-16(13)22-15/h4-10,14-15,23H,1-3H3,(H,20,22)(H,21,24)/t14-,15?,26?/m1/s1. The molecule has 1 aliphatic heterocycles. The molecule has 1 amide bonds. The third kappa shape index (κ3) is 3.82. The molecule has 3 N–H and O–H groups in total. The Kier molecular flexibility index (Phi) is 5.17. The number of nitrogens with one attached hydrogen (secondary N) is 3. The Bertz CT molecular complexity index is 812. The van der Waals surface area contributed by atoms with Gasteiger partial charge in [0, 0.05) is 23.1 Å². The van der Waals surface area contributed by atoms with E-state index < -0.39 is 34.0 Å². The minimum Gasteiger partial charge on any atom is -0.598 e. The van der Waals surface area contributed by atoms with Crippen molar-refractivity contribution < 1.29 is 13.7 Å². The van der Waals surface area contributed by atoms with Gasteiger partial charge in [-0.1, -0.05) is 18.2 Å². The van der Waals surface area contributed by atoms with Crippen LogP contribution in [0.15, 0.2) is 42.6 Å². The summed E-state index contributed by atoms with van der Waals surface area (Å²) in [7, 11) is 0. The summed E-state index contributed by atoms with van der Waals surface area (Å²) in [6.45, 7) is 5.42. The topological polar surface area (TPSA) is 89.1 Å². The first-order valence-corrected chi connectivity index (χ1v) is 9.37. The van der Waals surface area contributed by atoms with Crippen LogP contribution < -0.4 is 15.4 Å². The highest BCUT2D eigenvalue weighted by Crippen LogP contribution is 2.31. The Balaban J connectivity index is 1.98. The first-order chi connectivity index (χ1) is 12.3. The molecule has 1 aliphatic rings. The number of halogens is 1. The van der Waals surface area contributed by atoms with E-state index in [1.165, 1.54) is 6.07 Å². The van der Waals surface area contributed by atoms with Gasteiger partial charge >= 0.3 is 0 Å². The van der Waals surface area contributed by atoms with Gasteiger partial charge in [-0.2, -0.15) is 0 Å². The van der Waals surface area contributed by atoms with Crippen LogP contribution in [0.1, 0.15) is 32.4 Å². The lowest BCUT2D eigenvalue weighted by atomic mass is 9.97. The molecule has 26 heavy (non-hydrogen) atoms. The number of pyridine rings is 1. The number of anilines is 2. The van der Waals surface area contributed by atoms with E-state index in [0.717, 1.165) is 0 Å². The second kappa shape index (κ2) is 7.22. The van der Waals surface area contributed by atoms with E-state index in [0.29, 0.717) is 11.5 Å². The van der Waals surface area contributed by atoms with Crippen LogP contribution in [0.2, 0.25) is 0 Å². The summed E-state index contributed by atoms with van der Waals surface area (Å²) in [4.78, 5) is 16.9. The lowest BCUT2D eigenvalue weighted by Crippen LogP contribution is -2.52. The molecule has 1 aromatic heterocycles. The van der Waals surface area contributed by atoms with Crippen molar-refractivity contribution in [1.29, 1.82) is 0 Å². The smallest absolute Gasteiger partial charge is 0.249 e. The van der Waals surface area contributed by atoms with Gasteiger partial charge in [0.1, 0.15) is 28.5 Å². The van der Waals surface area contributed by atoms with Gasteiger partial charge in [-0.3, -0.25) is 4.79 Å². The Morgan fingerprint density at radius 1 is 1.27 bits per heavy atom. The van der Waals surface area contributed by atoms with Crippen molar-refractivity contribution in [2.24, 2.45) is 0 Å². The van der Waals surface area contributed by atoms with Crippen LogP contribution in [-0.2, 0) is 16.2 Å². The molecule has 0 bridgehead atoms. The molecule has 2 heterocycles. The maximum absolute atomic E-state index is 14.5. The highest BCUT2D eigenvalue weighted by Gasteiger charge is 2.40. The first kappa shape index (κ1) is 18.6. The van der Waals surface area contributed by atoms with Crippen LogP contribution in [0.25, 0.3) is 0 Å². The van der Waals surface area contributed by atoms with Gasteiger partial charge in [-0.25, -0.2) is 9.37 Å². The summed E-state index contributed by atoms with van der Waals surface area (Å²) in [6.07, 6.45) is 1.60. The van der Waals surface area contributed by atoms with E-state index in [4.69, 9.17) is 0 Å². The van der Waals surface area contributed by atoms with Gasteiger partial charge in [0.05, 0.1) is 5.69 Å². The molecule has 0 radical (unpaired) electrons. The van der Waals surface area contributed by atoms with Crippen LogP contribution in [0.3, 0.4) is 0 Å².